The topological polar surface area (TPSA) is 169 Å². The molecule has 2 spiro atoms. The molecule has 31 heavy (non-hydrogen) atoms. The van der Waals surface area contributed by atoms with E-state index in [9.17, 15) is 34.8 Å². The van der Waals surface area contributed by atoms with Crippen LogP contribution in [-0.2, 0) is 33.3 Å². The molecule has 0 aromatic carbocycles. The van der Waals surface area contributed by atoms with Crippen molar-refractivity contribution in [3.8, 4) is 0 Å². The molecule has 4 saturated heterocycles. The van der Waals surface area contributed by atoms with Gasteiger partial charge in [0.25, 0.3) is 0 Å². The Morgan fingerprint density at radius 1 is 0.935 bits per heavy atom. The Hall–Kier alpha value is -1.79. The molecule has 0 amide bonds. The number of hydrogen-bond donors (Lipinski definition) is 4. The molecule has 6 rings (SSSR count). The van der Waals surface area contributed by atoms with E-state index in [-0.39, 0.29) is 0 Å². The van der Waals surface area contributed by atoms with Gasteiger partial charge in [-0.05, 0) is 12.3 Å². The molecule has 12 atom stereocenters. The predicted octanol–water partition coefficient (Wildman–Crippen LogP) is -2.40. The number of carbonyl (C=O) groups is 3. The van der Waals surface area contributed by atoms with Gasteiger partial charge < -0.3 is 39.4 Å². The second-order valence-corrected chi connectivity index (χ2v) is 10.8. The Kier molecular flexibility index (Phi) is 3.15. The molecule has 11 nitrogen and oxygen atoms in total. The number of aliphatic hydroxyl groups excluding tert-OH is 3. The third-order valence-corrected chi connectivity index (χ3v) is 8.98. The van der Waals surface area contributed by atoms with Crippen molar-refractivity contribution in [3.63, 3.8) is 0 Å². The van der Waals surface area contributed by atoms with Crippen molar-refractivity contribution in [3.05, 3.63) is 0 Å². The summed E-state index contributed by atoms with van der Waals surface area (Å²) in [5.74, 6) is -5.15. The molecule has 2 saturated carbocycles. The molecule has 2 aliphatic carbocycles. The van der Waals surface area contributed by atoms with Crippen molar-refractivity contribution in [2.45, 2.75) is 75.7 Å². The minimum Gasteiger partial charge on any atom is -0.456 e. The van der Waals surface area contributed by atoms with E-state index in [0.717, 1.165) is 0 Å². The number of hydrogen-bond acceptors (Lipinski definition) is 11. The van der Waals surface area contributed by atoms with E-state index in [1.165, 1.54) is 6.92 Å². The van der Waals surface area contributed by atoms with Crippen molar-refractivity contribution >= 4 is 17.9 Å². The lowest BCUT2D eigenvalue weighted by Gasteiger charge is -2.52. The molecule has 0 radical (unpaired) electrons. The number of esters is 3. The normalized spacial score (nSPS) is 61.0. The highest BCUT2D eigenvalue weighted by Gasteiger charge is 3.04. The van der Waals surface area contributed by atoms with Crippen LogP contribution in [0.25, 0.3) is 0 Å². The maximum Gasteiger partial charge on any atom is 0.343 e. The van der Waals surface area contributed by atoms with Gasteiger partial charge in [-0.15, -0.1) is 0 Å². The Balaban J connectivity index is 1.75. The molecule has 2 bridgehead atoms. The minimum atomic E-state index is -2.45. The molecule has 11 heteroatoms. The highest BCUT2D eigenvalue weighted by Crippen LogP contribution is 2.84. The Bertz CT molecular complexity index is 957. The minimum absolute atomic E-state index is 0.736. The first-order chi connectivity index (χ1) is 14.3. The van der Waals surface area contributed by atoms with Gasteiger partial charge in [-0.2, -0.15) is 0 Å². The van der Waals surface area contributed by atoms with Gasteiger partial charge in [-0.1, -0.05) is 20.8 Å². The third-order valence-electron chi connectivity index (χ3n) is 8.98. The van der Waals surface area contributed by atoms with Crippen molar-refractivity contribution in [2.75, 3.05) is 0 Å². The highest BCUT2D eigenvalue weighted by molar-refractivity contribution is 5.94. The summed E-state index contributed by atoms with van der Waals surface area (Å²) in [6.45, 7) is 6.71. The van der Waals surface area contributed by atoms with Crippen LogP contribution in [0.3, 0.4) is 0 Å². The number of rotatable bonds is 0. The molecule has 6 unspecified atom stereocenters. The standard InChI is InChI=1S/C20H24O11/c1-5-12(23)29-11-8(21)18-10-6-7(16(2,3)4)17(18,9(22)13(24)28-6)14(25)31-20(18,15(26)30-10)19(5,11)27/h5-11,14,21-22,25,27H,1-4H3/t5-,6?,7+,8+,9+,10?,11?,14+,17?,18?,19-,20?/m1/s1. The fourth-order valence-electron chi connectivity index (χ4n) is 8.29. The first-order valence-electron chi connectivity index (χ1n) is 10.3. The molecule has 0 aromatic heterocycles. The molecule has 4 aliphatic heterocycles. The molecule has 4 N–H and O–H groups in total. The summed E-state index contributed by atoms with van der Waals surface area (Å²) in [6, 6.07) is 0. The number of aliphatic hydroxyl groups is 4. The molecule has 6 fully saturated rings. The van der Waals surface area contributed by atoms with Crippen molar-refractivity contribution in [1.29, 1.82) is 0 Å². The van der Waals surface area contributed by atoms with Gasteiger partial charge in [-0.3, -0.25) is 4.79 Å². The van der Waals surface area contributed by atoms with E-state index in [2.05, 4.69) is 0 Å². The van der Waals surface area contributed by atoms with Crippen LogP contribution in [0.2, 0.25) is 0 Å². The van der Waals surface area contributed by atoms with Gasteiger partial charge >= 0.3 is 17.9 Å². The van der Waals surface area contributed by atoms with Gasteiger partial charge in [-0.25, -0.2) is 9.59 Å². The van der Waals surface area contributed by atoms with Gasteiger partial charge in [0.2, 0.25) is 5.60 Å². The molecular formula is C20H24O11. The zero-order valence-electron chi connectivity index (χ0n) is 17.3. The maximum absolute atomic E-state index is 13.4. The first-order valence-corrected chi connectivity index (χ1v) is 10.3. The van der Waals surface area contributed by atoms with Crippen LogP contribution < -0.4 is 0 Å². The van der Waals surface area contributed by atoms with E-state index in [0.29, 0.717) is 0 Å². The van der Waals surface area contributed by atoms with Crippen LogP contribution in [0.5, 0.6) is 0 Å². The quantitative estimate of drug-likeness (QED) is 0.234. The van der Waals surface area contributed by atoms with E-state index < -0.39 is 94.0 Å². The lowest BCUT2D eigenvalue weighted by molar-refractivity contribution is -0.265. The van der Waals surface area contributed by atoms with E-state index in [1.54, 1.807) is 20.8 Å². The summed E-state index contributed by atoms with van der Waals surface area (Å²) in [7, 11) is 0. The fraction of sp³-hybridized carbons (Fsp3) is 0.850. The Morgan fingerprint density at radius 2 is 1.58 bits per heavy atom. The molecule has 6 aliphatic rings. The van der Waals surface area contributed by atoms with E-state index >= 15 is 0 Å². The summed E-state index contributed by atoms with van der Waals surface area (Å²) in [5, 5.41) is 46.0. The zero-order chi connectivity index (χ0) is 22.7. The highest BCUT2D eigenvalue weighted by atomic mass is 16.7. The average molecular weight is 440 g/mol. The van der Waals surface area contributed by atoms with Crippen LogP contribution in [0.15, 0.2) is 0 Å². The van der Waals surface area contributed by atoms with Gasteiger partial charge in [0.1, 0.15) is 12.2 Å². The summed E-state index contributed by atoms with van der Waals surface area (Å²) in [4.78, 5) is 38.4. The third kappa shape index (κ3) is 1.43. The van der Waals surface area contributed by atoms with Crippen molar-refractivity contribution in [1.82, 2.24) is 0 Å². The van der Waals surface area contributed by atoms with E-state index in [1.807, 2.05) is 0 Å². The molecule has 4 heterocycles. The molecular weight excluding hydrogens is 416 g/mol. The van der Waals surface area contributed by atoms with Crippen LogP contribution >= 0.6 is 0 Å². The average Bonchev–Trinajstić information content (AvgIpc) is 3.28. The molecule has 170 valence electrons. The largest absolute Gasteiger partial charge is 0.456 e. The first kappa shape index (κ1) is 19.9. The molecule has 0 aromatic rings. The van der Waals surface area contributed by atoms with Gasteiger partial charge in [0.05, 0.1) is 16.7 Å². The smallest absolute Gasteiger partial charge is 0.343 e. The summed E-state index contributed by atoms with van der Waals surface area (Å²) in [5.41, 5.74) is -9.55. The monoisotopic (exact) mass is 440 g/mol. The number of carbonyl (C=O) groups excluding carboxylic acids is 3. The lowest BCUT2D eigenvalue weighted by atomic mass is 9.50. The fourth-order valence-corrected chi connectivity index (χ4v) is 8.29. The lowest BCUT2D eigenvalue weighted by Crippen LogP contribution is -2.68. The number of ether oxygens (including phenoxy) is 4. The summed E-state index contributed by atoms with van der Waals surface area (Å²) in [6.07, 6.45) is -9.77. The Morgan fingerprint density at radius 3 is 2.19 bits per heavy atom. The van der Waals surface area contributed by atoms with Gasteiger partial charge in [0.15, 0.2) is 30.2 Å². The van der Waals surface area contributed by atoms with Crippen molar-refractivity contribution < 1.29 is 53.8 Å². The van der Waals surface area contributed by atoms with Crippen LogP contribution in [0.4, 0.5) is 0 Å². The van der Waals surface area contributed by atoms with Gasteiger partial charge in [0, 0.05) is 5.92 Å². The SMILES string of the molecule is C[C@@H]1C(=O)OC2[C@H](O)C34C5OC(=O)C3(O[C@H](O)C43[C@@H](O)C(=O)OC5[C@H]3C(C)(C)C)[C@]21O. The van der Waals surface area contributed by atoms with E-state index in [4.69, 9.17) is 18.9 Å². The maximum atomic E-state index is 13.4. The van der Waals surface area contributed by atoms with Crippen LogP contribution in [0, 0.1) is 28.1 Å². The zero-order valence-corrected chi connectivity index (χ0v) is 17.3. The Labute approximate surface area is 176 Å². The van der Waals surface area contributed by atoms with Crippen LogP contribution in [0.1, 0.15) is 27.7 Å². The summed E-state index contributed by atoms with van der Waals surface area (Å²) < 4.78 is 22.3. The second kappa shape index (κ2) is 4.91. The summed E-state index contributed by atoms with van der Waals surface area (Å²) >= 11 is 0. The second-order valence-electron chi connectivity index (χ2n) is 10.8. The predicted molar refractivity (Wildman–Crippen MR) is 93.4 cm³/mol. The van der Waals surface area contributed by atoms with Crippen molar-refractivity contribution in [2.24, 2.45) is 28.1 Å². The van der Waals surface area contributed by atoms with Crippen LogP contribution in [-0.4, -0.2) is 86.3 Å². The number of fused-ring (bicyclic) bond motifs is 3.